The fourth-order valence-electron chi connectivity index (χ4n) is 2.07. The molecule has 1 saturated heterocycles. The van der Waals surface area contributed by atoms with E-state index in [0.717, 1.165) is 31.0 Å². The van der Waals surface area contributed by atoms with E-state index in [1.165, 1.54) is 0 Å². The number of Topliss-reactive ketones (excluding diaryl/α,β-unsaturated/α-hetero) is 1. The zero-order chi connectivity index (χ0) is 12.4. The second kappa shape index (κ2) is 4.84. The van der Waals surface area contributed by atoms with Crippen molar-refractivity contribution in [2.45, 2.75) is 19.9 Å². The molecule has 0 N–H and O–H groups in total. The lowest BCUT2D eigenvalue weighted by atomic mass is 10.1. The van der Waals surface area contributed by atoms with Crippen molar-refractivity contribution in [1.29, 1.82) is 0 Å². The number of aromatic nitrogens is 1. The van der Waals surface area contributed by atoms with E-state index in [4.69, 9.17) is 0 Å². The second-order valence-electron chi connectivity index (χ2n) is 4.73. The number of hydrogen-bond donors (Lipinski definition) is 0. The first-order chi connectivity index (χ1) is 8.08. The average molecular weight is 233 g/mol. The first-order valence-corrected chi connectivity index (χ1v) is 6.00. The van der Waals surface area contributed by atoms with Crippen LogP contribution in [0.2, 0.25) is 0 Å². The summed E-state index contributed by atoms with van der Waals surface area (Å²) in [6, 6.07) is 4.18. The van der Waals surface area contributed by atoms with Gasteiger partial charge in [-0.15, -0.1) is 0 Å². The Labute approximate surface area is 102 Å². The molecule has 2 heterocycles. The summed E-state index contributed by atoms with van der Waals surface area (Å²) in [5.41, 5.74) is 0.738. The minimum atomic E-state index is 0.0934. The van der Waals surface area contributed by atoms with E-state index in [-0.39, 0.29) is 5.78 Å². The lowest BCUT2D eigenvalue weighted by Gasteiger charge is -2.38. The van der Waals surface area contributed by atoms with Crippen LogP contribution in [0.25, 0.3) is 0 Å². The van der Waals surface area contributed by atoms with Crippen molar-refractivity contribution in [3.63, 3.8) is 0 Å². The summed E-state index contributed by atoms with van der Waals surface area (Å²) in [4.78, 5) is 20.3. The highest BCUT2D eigenvalue weighted by molar-refractivity contribution is 5.94. The number of carbonyl (C=O) groups is 1. The summed E-state index contributed by atoms with van der Waals surface area (Å²) in [6.07, 6.45) is 1.72. The SMILES string of the molecule is CC(=O)c1ccnc(N2CCN(C)C(C)C2)c1. The van der Waals surface area contributed by atoms with E-state index in [1.807, 2.05) is 6.07 Å². The third-order valence-electron chi connectivity index (χ3n) is 3.44. The van der Waals surface area contributed by atoms with Crippen molar-refractivity contribution in [2.75, 3.05) is 31.6 Å². The quantitative estimate of drug-likeness (QED) is 0.724. The number of anilines is 1. The van der Waals surface area contributed by atoms with Crippen LogP contribution in [0.4, 0.5) is 5.82 Å². The predicted octanol–water partition coefficient (Wildman–Crippen LogP) is 1.42. The van der Waals surface area contributed by atoms with Crippen LogP contribution >= 0.6 is 0 Å². The molecule has 1 aromatic heterocycles. The maximum absolute atomic E-state index is 11.3. The molecule has 0 radical (unpaired) electrons. The van der Waals surface area contributed by atoms with Gasteiger partial charge in [-0.2, -0.15) is 0 Å². The lowest BCUT2D eigenvalue weighted by molar-refractivity contribution is 0.101. The van der Waals surface area contributed by atoms with Gasteiger partial charge in [0.15, 0.2) is 5.78 Å². The fourth-order valence-corrected chi connectivity index (χ4v) is 2.07. The van der Waals surface area contributed by atoms with Crippen LogP contribution < -0.4 is 4.90 Å². The van der Waals surface area contributed by atoms with E-state index < -0.39 is 0 Å². The largest absolute Gasteiger partial charge is 0.354 e. The summed E-state index contributed by atoms with van der Waals surface area (Å²) < 4.78 is 0. The summed E-state index contributed by atoms with van der Waals surface area (Å²) in [5, 5.41) is 0. The molecule has 1 aliphatic heterocycles. The molecule has 1 atom stereocenters. The number of nitrogens with zero attached hydrogens (tertiary/aromatic N) is 3. The van der Waals surface area contributed by atoms with Gasteiger partial charge < -0.3 is 9.80 Å². The zero-order valence-electron chi connectivity index (χ0n) is 10.7. The standard InChI is InChI=1S/C13H19N3O/c1-10-9-16(7-6-15(10)3)13-8-12(11(2)17)4-5-14-13/h4-5,8,10H,6-7,9H2,1-3H3. The minimum absolute atomic E-state index is 0.0934. The molecule has 1 unspecified atom stereocenters. The molecule has 1 aliphatic rings. The van der Waals surface area contributed by atoms with E-state index in [9.17, 15) is 4.79 Å². The topological polar surface area (TPSA) is 36.4 Å². The Morgan fingerprint density at radius 3 is 2.88 bits per heavy atom. The minimum Gasteiger partial charge on any atom is -0.354 e. The van der Waals surface area contributed by atoms with E-state index in [2.05, 4.69) is 28.8 Å². The molecule has 1 fully saturated rings. The molecule has 0 aliphatic carbocycles. The first kappa shape index (κ1) is 12.0. The Hall–Kier alpha value is -1.42. The third-order valence-corrected chi connectivity index (χ3v) is 3.44. The van der Waals surface area contributed by atoms with Gasteiger partial charge in [0, 0.05) is 37.4 Å². The summed E-state index contributed by atoms with van der Waals surface area (Å²) >= 11 is 0. The van der Waals surface area contributed by atoms with Crippen molar-refractivity contribution in [1.82, 2.24) is 9.88 Å². The molecule has 17 heavy (non-hydrogen) atoms. The first-order valence-electron chi connectivity index (χ1n) is 6.00. The Balaban J connectivity index is 2.17. The van der Waals surface area contributed by atoms with Gasteiger partial charge in [-0.3, -0.25) is 4.79 Å². The monoisotopic (exact) mass is 233 g/mol. The molecular formula is C13H19N3O. The molecule has 2 rings (SSSR count). The molecule has 0 spiro atoms. The predicted molar refractivity (Wildman–Crippen MR) is 68.5 cm³/mol. The number of pyridine rings is 1. The van der Waals surface area contributed by atoms with Crippen molar-refractivity contribution in [3.05, 3.63) is 23.9 Å². The molecule has 0 bridgehead atoms. The second-order valence-corrected chi connectivity index (χ2v) is 4.73. The smallest absolute Gasteiger partial charge is 0.159 e. The van der Waals surface area contributed by atoms with Crippen LogP contribution in [0, 0.1) is 0 Å². The number of ketones is 1. The normalized spacial score (nSPS) is 21.6. The van der Waals surface area contributed by atoms with Gasteiger partial charge in [0.1, 0.15) is 5.82 Å². The van der Waals surface area contributed by atoms with E-state index in [1.54, 1.807) is 19.2 Å². The van der Waals surface area contributed by atoms with Gasteiger partial charge in [0.25, 0.3) is 0 Å². The number of likely N-dealkylation sites (N-methyl/N-ethyl adjacent to an activating group) is 1. The van der Waals surface area contributed by atoms with Crippen LogP contribution in [0.3, 0.4) is 0 Å². The number of hydrogen-bond acceptors (Lipinski definition) is 4. The van der Waals surface area contributed by atoms with Crippen molar-refractivity contribution >= 4 is 11.6 Å². The van der Waals surface area contributed by atoms with Gasteiger partial charge in [0.05, 0.1) is 0 Å². The van der Waals surface area contributed by atoms with Gasteiger partial charge in [-0.25, -0.2) is 4.98 Å². The van der Waals surface area contributed by atoms with E-state index >= 15 is 0 Å². The Morgan fingerprint density at radius 2 is 2.24 bits per heavy atom. The van der Waals surface area contributed by atoms with Crippen molar-refractivity contribution in [3.8, 4) is 0 Å². The Kier molecular flexibility index (Phi) is 3.43. The Morgan fingerprint density at radius 1 is 1.47 bits per heavy atom. The van der Waals surface area contributed by atoms with Gasteiger partial charge in [-0.1, -0.05) is 0 Å². The molecular weight excluding hydrogens is 214 g/mol. The fraction of sp³-hybridized carbons (Fsp3) is 0.538. The lowest BCUT2D eigenvalue weighted by Crippen LogP contribution is -2.50. The maximum Gasteiger partial charge on any atom is 0.159 e. The Bertz CT molecular complexity index is 419. The highest BCUT2D eigenvalue weighted by Crippen LogP contribution is 2.17. The van der Waals surface area contributed by atoms with Crippen LogP contribution in [-0.2, 0) is 0 Å². The molecule has 4 nitrogen and oxygen atoms in total. The number of carbonyl (C=O) groups excluding carboxylic acids is 1. The van der Waals surface area contributed by atoms with Crippen LogP contribution in [0.15, 0.2) is 18.3 Å². The summed E-state index contributed by atoms with van der Waals surface area (Å²) in [5.74, 6) is 1.01. The molecule has 1 aromatic rings. The van der Waals surface area contributed by atoms with Crippen LogP contribution in [-0.4, -0.2) is 48.4 Å². The van der Waals surface area contributed by atoms with E-state index in [0.29, 0.717) is 6.04 Å². The zero-order valence-corrected chi connectivity index (χ0v) is 10.7. The van der Waals surface area contributed by atoms with Gasteiger partial charge >= 0.3 is 0 Å². The summed E-state index contributed by atoms with van der Waals surface area (Å²) in [6.45, 7) is 6.76. The van der Waals surface area contributed by atoms with Crippen molar-refractivity contribution in [2.24, 2.45) is 0 Å². The maximum atomic E-state index is 11.3. The molecule has 0 aromatic carbocycles. The van der Waals surface area contributed by atoms with Crippen LogP contribution in [0.1, 0.15) is 24.2 Å². The number of rotatable bonds is 2. The highest BCUT2D eigenvalue weighted by Gasteiger charge is 2.21. The molecule has 0 saturated carbocycles. The van der Waals surface area contributed by atoms with Gasteiger partial charge in [0.2, 0.25) is 0 Å². The van der Waals surface area contributed by atoms with Crippen LogP contribution in [0.5, 0.6) is 0 Å². The van der Waals surface area contributed by atoms with Crippen molar-refractivity contribution < 1.29 is 4.79 Å². The number of piperazine rings is 1. The average Bonchev–Trinajstić information content (AvgIpc) is 2.33. The molecule has 0 amide bonds. The highest BCUT2D eigenvalue weighted by atomic mass is 16.1. The third kappa shape index (κ3) is 2.64. The van der Waals surface area contributed by atoms with Gasteiger partial charge in [-0.05, 0) is 33.0 Å². The summed E-state index contributed by atoms with van der Waals surface area (Å²) in [7, 11) is 2.14. The molecule has 92 valence electrons. The molecule has 4 heteroatoms.